The fourth-order valence-corrected chi connectivity index (χ4v) is 1.44. The Hall–Kier alpha value is -2.24. The molecule has 0 aromatic heterocycles. The van der Waals surface area contributed by atoms with E-state index in [4.69, 9.17) is 15.2 Å². The van der Waals surface area contributed by atoms with Crippen molar-refractivity contribution in [2.24, 2.45) is 0 Å². The highest BCUT2D eigenvalue weighted by molar-refractivity contribution is 5.95. The van der Waals surface area contributed by atoms with E-state index < -0.39 is 5.97 Å². The molecule has 1 amide bonds. The highest BCUT2D eigenvalue weighted by atomic mass is 16.5. The van der Waals surface area contributed by atoms with Crippen LogP contribution in [0, 0.1) is 0 Å². The second-order valence-electron chi connectivity index (χ2n) is 3.79. The Morgan fingerprint density at radius 2 is 2.11 bits per heavy atom. The summed E-state index contributed by atoms with van der Waals surface area (Å²) in [5.74, 6) is -0.209. The van der Waals surface area contributed by atoms with Crippen molar-refractivity contribution in [2.75, 3.05) is 26.0 Å². The van der Waals surface area contributed by atoms with Crippen LogP contribution in [0.25, 0.3) is 0 Å². The topological polar surface area (TPSA) is 90.6 Å². The molecule has 0 fully saturated rings. The third-order valence-corrected chi connectivity index (χ3v) is 2.42. The van der Waals surface area contributed by atoms with Gasteiger partial charge in [0.1, 0.15) is 12.4 Å². The lowest BCUT2D eigenvalue weighted by molar-refractivity contribution is -0.121. The summed E-state index contributed by atoms with van der Waals surface area (Å²) < 4.78 is 10.00. The lowest BCUT2D eigenvalue weighted by Gasteiger charge is -2.08. The fourth-order valence-electron chi connectivity index (χ4n) is 1.44. The smallest absolute Gasteiger partial charge is 0.340 e. The average Bonchev–Trinajstić information content (AvgIpc) is 2.39. The molecule has 0 saturated heterocycles. The molecule has 0 bridgehead atoms. The molecule has 0 aliphatic rings. The number of anilines is 1. The summed E-state index contributed by atoms with van der Waals surface area (Å²) in [4.78, 5) is 23.0. The summed E-state index contributed by atoms with van der Waals surface area (Å²) in [5, 5.41) is 2.61. The minimum absolute atomic E-state index is 0.0152. The highest BCUT2D eigenvalue weighted by Crippen LogP contribution is 2.20. The van der Waals surface area contributed by atoms with Crippen LogP contribution in [-0.2, 0) is 9.53 Å². The molecule has 0 saturated carbocycles. The summed E-state index contributed by atoms with van der Waals surface area (Å²) in [6.07, 6.45) is 0.128. The second-order valence-corrected chi connectivity index (χ2v) is 3.79. The normalized spacial score (nSPS) is 9.79. The number of amides is 1. The number of hydrogen-bond donors (Lipinski definition) is 2. The van der Waals surface area contributed by atoms with Gasteiger partial charge in [-0.2, -0.15) is 0 Å². The summed E-state index contributed by atoms with van der Waals surface area (Å²) in [6.45, 7) is 2.39. The van der Waals surface area contributed by atoms with Gasteiger partial charge in [0.05, 0.1) is 19.1 Å². The van der Waals surface area contributed by atoms with Gasteiger partial charge in [-0.15, -0.1) is 0 Å². The van der Waals surface area contributed by atoms with E-state index in [1.165, 1.54) is 13.2 Å². The van der Waals surface area contributed by atoms with Crippen molar-refractivity contribution >= 4 is 17.6 Å². The molecule has 0 heterocycles. The van der Waals surface area contributed by atoms with Gasteiger partial charge in [-0.1, -0.05) is 0 Å². The van der Waals surface area contributed by atoms with Crippen LogP contribution in [0.15, 0.2) is 18.2 Å². The van der Waals surface area contributed by atoms with Crippen LogP contribution in [-0.4, -0.2) is 32.1 Å². The monoisotopic (exact) mass is 266 g/mol. The molecule has 1 aromatic carbocycles. The van der Waals surface area contributed by atoms with Gasteiger partial charge in [0.25, 0.3) is 0 Å². The molecule has 0 spiro atoms. The molecule has 0 radical (unpaired) electrons. The van der Waals surface area contributed by atoms with Crippen LogP contribution in [0.1, 0.15) is 23.7 Å². The van der Waals surface area contributed by atoms with Crippen molar-refractivity contribution in [1.29, 1.82) is 0 Å². The average molecular weight is 266 g/mol. The third-order valence-electron chi connectivity index (χ3n) is 2.42. The van der Waals surface area contributed by atoms with Crippen molar-refractivity contribution in [2.45, 2.75) is 13.3 Å². The molecule has 104 valence electrons. The molecule has 19 heavy (non-hydrogen) atoms. The quantitative estimate of drug-likeness (QED) is 0.591. The first kappa shape index (κ1) is 14.8. The van der Waals surface area contributed by atoms with Gasteiger partial charge in [-0.3, -0.25) is 4.79 Å². The van der Waals surface area contributed by atoms with Gasteiger partial charge < -0.3 is 20.5 Å². The number of methoxy groups -OCH3 is 1. The first-order valence-corrected chi connectivity index (χ1v) is 5.95. The minimum atomic E-state index is -0.569. The van der Waals surface area contributed by atoms with Crippen LogP contribution in [0.5, 0.6) is 5.75 Å². The molecule has 0 aliphatic carbocycles. The molecule has 0 atom stereocenters. The Labute approximate surface area is 111 Å². The van der Waals surface area contributed by atoms with E-state index in [-0.39, 0.29) is 24.5 Å². The second kappa shape index (κ2) is 7.25. The maximum Gasteiger partial charge on any atom is 0.340 e. The van der Waals surface area contributed by atoms with Crippen molar-refractivity contribution in [3.8, 4) is 5.75 Å². The number of nitrogens with one attached hydrogen (secondary N) is 1. The van der Waals surface area contributed by atoms with Crippen LogP contribution in [0.4, 0.5) is 5.69 Å². The zero-order valence-electron chi connectivity index (χ0n) is 11.1. The summed E-state index contributed by atoms with van der Waals surface area (Å²) in [6, 6.07) is 4.73. The molecule has 3 N–H and O–H groups in total. The number of nitrogen functional groups attached to an aromatic ring is 1. The van der Waals surface area contributed by atoms with Gasteiger partial charge in [0, 0.05) is 12.2 Å². The lowest BCUT2D eigenvalue weighted by Crippen LogP contribution is -2.24. The van der Waals surface area contributed by atoms with Crippen molar-refractivity contribution in [1.82, 2.24) is 5.32 Å². The Kier molecular flexibility index (Phi) is 5.66. The van der Waals surface area contributed by atoms with E-state index in [9.17, 15) is 9.59 Å². The van der Waals surface area contributed by atoms with Crippen LogP contribution >= 0.6 is 0 Å². The van der Waals surface area contributed by atoms with Crippen LogP contribution in [0.2, 0.25) is 0 Å². The van der Waals surface area contributed by atoms with Gasteiger partial charge >= 0.3 is 5.97 Å². The van der Waals surface area contributed by atoms with Crippen molar-refractivity contribution < 1.29 is 19.1 Å². The number of hydrogen-bond acceptors (Lipinski definition) is 5. The number of benzene rings is 1. The molecular weight excluding hydrogens is 248 g/mol. The third kappa shape index (κ3) is 4.50. The summed E-state index contributed by atoms with van der Waals surface area (Å²) in [7, 11) is 1.50. The number of rotatable bonds is 6. The van der Waals surface area contributed by atoms with Gasteiger partial charge in [0.15, 0.2) is 0 Å². The minimum Gasteiger partial charge on any atom is -0.497 e. The predicted molar refractivity (Wildman–Crippen MR) is 71.0 cm³/mol. The van der Waals surface area contributed by atoms with E-state index in [1.807, 2.05) is 6.92 Å². The van der Waals surface area contributed by atoms with Crippen molar-refractivity contribution in [3.05, 3.63) is 23.8 Å². The highest BCUT2D eigenvalue weighted by Gasteiger charge is 2.13. The van der Waals surface area contributed by atoms with E-state index in [0.717, 1.165) is 0 Å². The Bertz CT molecular complexity index is 460. The SMILES string of the molecule is CCNC(=O)CCOC(=O)c1cc(OC)ccc1N. The molecule has 1 rings (SSSR count). The molecular formula is C13H18N2O4. The fraction of sp³-hybridized carbons (Fsp3) is 0.385. The molecule has 6 heteroatoms. The van der Waals surface area contributed by atoms with E-state index in [0.29, 0.717) is 18.0 Å². The van der Waals surface area contributed by atoms with Crippen LogP contribution < -0.4 is 15.8 Å². The van der Waals surface area contributed by atoms with Crippen LogP contribution in [0.3, 0.4) is 0 Å². The summed E-state index contributed by atoms with van der Waals surface area (Å²) >= 11 is 0. The maximum absolute atomic E-state index is 11.8. The predicted octanol–water partition coefficient (Wildman–Crippen LogP) is 0.960. The number of carbonyl (C=O) groups is 2. The molecule has 1 aromatic rings. The number of ether oxygens (including phenoxy) is 2. The Balaban J connectivity index is 2.56. The zero-order chi connectivity index (χ0) is 14.3. The Morgan fingerprint density at radius 3 is 2.74 bits per heavy atom. The van der Waals surface area contributed by atoms with Gasteiger partial charge in [-0.05, 0) is 25.1 Å². The van der Waals surface area contributed by atoms with Crippen molar-refractivity contribution in [3.63, 3.8) is 0 Å². The first-order chi connectivity index (χ1) is 9.08. The molecule has 0 aliphatic heterocycles. The maximum atomic E-state index is 11.8. The van der Waals surface area contributed by atoms with Gasteiger partial charge in [0.2, 0.25) is 5.91 Å². The molecule has 6 nitrogen and oxygen atoms in total. The van der Waals surface area contributed by atoms with E-state index in [1.54, 1.807) is 12.1 Å². The Morgan fingerprint density at radius 1 is 1.37 bits per heavy atom. The largest absolute Gasteiger partial charge is 0.497 e. The standard InChI is InChI=1S/C13H18N2O4/c1-3-15-12(16)6-7-19-13(17)10-8-9(18-2)4-5-11(10)14/h4-5,8H,3,6-7,14H2,1-2H3,(H,15,16). The summed E-state index contributed by atoms with van der Waals surface area (Å²) in [5.41, 5.74) is 6.23. The van der Waals surface area contributed by atoms with E-state index in [2.05, 4.69) is 5.32 Å². The zero-order valence-corrected chi connectivity index (χ0v) is 11.1. The lowest BCUT2D eigenvalue weighted by atomic mass is 10.2. The number of esters is 1. The number of carbonyl (C=O) groups excluding carboxylic acids is 2. The number of nitrogens with two attached hydrogens (primary N) is 1. The van der Waals surface area contributed by atoms with E-state index >= 15 is 0 Å². The molecule has 0 unspecified atom stereocenters. The van der Waals surface area contributed by atoms with Gasteiger partial charge in [-0.25, -0.2) is 4.79 Å². The first-order valence-electron chi connectivity index (χ1n) is 5.95.